The summed E-state index contributed by atoms with van der Waals surface area (Å²) < 4.78 is 5.10. The number of halogens is 1. The van der Waals surface area contributed by atoms with E-state index in [9.17, 15) is 4.79 Å². The largest absolute Gasteiger partial charge is 0.462 e. The highest BCUT2D eigenvalue weighted by Gasteiger charge is 2.22. The first-order valence-corrected chi connectivity index (χ1v) is 7.79. The van der Waals surface area contributed by atoms with E-state index in [2.05, 4.69) is 15.0 Å². The second-order valence-corrected chi connectivity index (χ2v) is 5.25. The van der Waals surface area contributed by atoms with Crippen molar-refractivity contribution in [2.45, 2.75) is 6.92 Å². The Kier molecular flexibility index (Phi) is 4.82. The summed E-state index contributed by atoms with van der Waals surface area (Å²) in [6.07, 6.45) is 3.31. The van der Waals surface area contributed by atoms with Crippen molar-refractivity contribution in [1.29, 1.82) is 0 Å². The van der Waals surface area contributed by atoms with E-state index in [0.717, 1.165) is 5.56 Å². The Hall–Kier alpha value is -2.79. The van der Waals surface area contributed by atoms with E-state index in [4.69, 9.17) is 16.3 Å². The summed E-state index contributed by atoms with van der Waals surface area (Å²) in [5.41, 5.74) is 2.08. The van der Waals surface area contributed by atoms with E-state index in [-0.39, 0.29) is 17.3 Å². The molecule has 5 nitrogen and oxygen atoms in total. The van der Waals surface area contributed by atoms with E-state index >= 15 is 0 Å². The van der Waals surface area contributed by atoms with Crippen molar-refractivity contribution in [3.8, 4) is 22.6 Å². The second-order valence-electron chi connectivity index (χ2n) is 4.89. The molecule has 0 atom stereocenters. The van der Waals surface area contributed by atoms with Gasteiger partial charge in [-0.15, -0.1) is 0 Å². The smallest absolute Gasteiger partial charge is 0.343 e. The predicted octanol–water partition coefficient (Wildman–Crippen LogP) is 4.04. The quantitative estimate of drug-likeness (QED) is 0.530. The second kappa shape index (κ2) is 7.19. The zero-order chi connectivity index (χ0) is 16.9. The minimum absolute atomic E-state index is 0.0566. The molecule has 1 aromatic carbocycles. The summed E-state index contributed by atoms with van der Waals surface area (Å²) in [7, 11) is 0. The molecule has 2 aromatic heterocycles. The predicted molar refractivity (Wildman–Crippen MR) is 91.7 cm³/mol. The standard InChI is InChI=1S/C18H14ClN3O2/c1-2-24-18(23)14-15(12-7-4-3-5-8-12)21-17(22-16(14)19)13-9-6-10-20-11-13/h3-11H,2H2,1H3. The minimum atomic E-state index is -0.543. The molecule has 0 bridgehead atoms. The zero-order valence-corrected chi connectivity index (χ0v) is 13.7. The number of hydrogen-bond acceptors (Lipinski definition) is 5. The fraction of sp³-hybridized carbons (Fsp3) is 0.111. The van der Waals surface area contributed by atoms with Crippen LogP contribution in [0.1, 0.15) is 17.3 Å². The summed E-state index contributed by atoms with van der Waals surface area (Å²) in [5.74, 6) is -0.140. The summed E-state index contributed by atoms with van der Waals surface area (Å²) in [5, 5.41) is 0.0566. The van der Waals surface area contributed by atoms with Crippen LogP contribution in [0.2, 0.25) is 5.15 Å². The molecule has 0 N–H and O–H groups in total. The molecule has 2 heterocycles. The Labute approximate surface area is 144 Å². The van der Waals surface area contributed by atoms with E-state index < -0.39 is 5.97 Å². The van der Waals surface area contributed by atoms with Gasteiger partial charge in [0.05, 0.1) is 12.3 Å². The lowest BCUT2D eigenvalue weighted by molar-refractivity contribution is 0.0526. The number of pyridine rings is 1. The van der Waals surface area contributed by atoms with Crippen molar-refractivity contribution in [2.75, 3.05) is 6.61 Å². The monoisotopic (exact) mass is 339 g/mol. The van der Waals surface area contributed by atoms with Gasteiger partial charge in [0.2, 0.25) is 0 Å². The van der Waals surface area contributed by atoms with Crippen LogP contribution in [0.3, 0.4) is 0 Å². The van der Waals surface area contributed by atoms with Gasteiger partial charge in [-0.25, -0.2) is 14.8 Å². The number of hydrogen-bond donors (Lipinski definition) is 0. The van der Waals surface area contributed by atoms with Gasteiger partial charge in [-0.05, 0) is 19.1 Å². The SMILES string of the molecule is CCOC(=O)c1c(Cl)nc(-c2cccnc2)nc1-c1ccccc1. The number of aromatic nitrogens is 3. The van der Waals surface area contributed by atoms with E-state index in [1.54, 1.807) is 25.4 Å². The summed E-state index contributed by atoms with van der Waals surface area (Å²) in [4.78, 5) is 25.2. The van der Waals surface area contributed by atoms with Crippen LogP contribution in [0.4, 0.5) is 0 Å². The first-order valence-electron chi connectivity index (χ1n) is 7.41. The average Bonchev–Trinajstić information content (AvgIpc) is 2.62. The van der Waals surface area contributed by atoms with Crippen LogP contribution in [-0.4, -0.2) is 27.5 Å². The van der Waals surface area contributed by atoms with Crippen molar-refractivity contribution in [1.82, 2.24) is 15.0 Å². The lowest BCUT2D eigenvalue weighted by Crippen LogP contribution is -2.11. The van der Waals surface area contributed by atoms with Crippen LogP contribution in [0, 0.1) is 0 Å². The van der Waals surface area contributed by atoms with Crippen molar-refractivity contribution < 1.29 is 9.53 Å². The van der Waals surface area contributed by atoms with Crippen LogP contribution in [0.15, 0.2) is 54.9 Å². The zero-order valence-electron chi connectivity index (χ0n) is 12.9. The molecular formula is C18H14ClN3O2. The number of carbonyl (C=O) groups excluding carboxylic acids is 1. The molecule has 0 saturated carbocycles. The molecule has 0 spiro atoms. The Bertz CT molecular complexity index is 855. The maximum absolute atomic E-state index is 12.3. The molecule has 0 aliphatic heterocycles. The van der Waals surface area contributed by atoms with Crippen molar-refractivity contribution in [2.24, 2.45) is 0 Å². The number of rotatable bonds is 4. The van der Waals surface area contributed by atoms with Crippen molar-refractivity contribution >= 4 is 17.6 Å². The number of ether oxygens (including phenoxy) is 1. The maximum atomic E-state index is 12.3. The molecule has 0 saturated heterocycles. The highest BCUT2D eigenvalue weighted by atomic mass is 35.5. The van der Waals surface area contributed by atoms with Crippen LogP contribution >= 0.6 is 11.6 Å². The fourth-order valence-electron chi connectivity index (χ4n) is 2.25. The van der Waals surface area contributed by atoms with E-state index in [0.29, 0.717) is 17.1 Å². The van der Waals surface area contributed by atoms with Crippen LogP contribution in [-0.2, 0) is 4.74 Å². The molecule has 0 aliphatic carbocycles. The van der Waals surface area contributed by atoms with Gasteiger partial charge in [0, 0.05) is 23.5 Å². The highest BCUT2D eigenvalue weighted by Crippen LogP contribution is 2.29. The lowest BCUT2D eigenvalue weighted by Gasteiger charge is -2.11. The Morgan fingerprint density at radius 3 is 2.50 bits per heavy atom. The van der Waals surface area contributed by atoms with E-state index in [1.807, 2.05) is 36.4 Å². The third kappa shape index (κ3) is 3.26. The fourth-order valence-corrected chi connectivity index (χ4v) is 2.49. The first-order chi connectivity index (χ1) is 11.7. The number of nitrogens with zero attached hydrogens (tertiary/aromatic N) is 3. The molecule has 24 heavy (non-hydrogen) atoms. The summed E-state index contributed by atoms with van der Waals surface area (Å²) in [6.45, 7) is 1.98. The number of carbonyl (C=O) groups is 1. The van der Waals surface area contributed by atoms with Gasteiger partial charge < -0.3 is 4.74 Å². The minimum Gasteiger partial charge on any atom is -0.462 e. The lowest BCUT2D eigenvalue weighted by atomic mass is 10.1. The third-order valence-corrected chi connectivity index (χ3v) is 3.58. The molecule has 6 heteroatoms. The summed E-state index contributed by atoms with van der Waals surface area (Å²) >= 11 is 6.29. The molecule has 3 rings (SSSR count). The van der Waals surface area contributed by atoms with Crippen LogP contribution in [0.25, 0.3) is 22.6 Å². The Morgan fingerprint density at radius 2 is 1.83 bits per heavy atom. The van der Waals surface area contributed by atoms with E-state index in [1.165, 1.54) is 0 Å². The van der Waals surface area contributed by atoms with Gasteiger partial charge in [0.1, 0.15) is 10.7 Å². The molecule has 120 valence electrons. The molecule has 0 fully saturated rings. The Balaban J connectivity index is 2.21. The van der Waals surface area contributed by atoms with Crippen LogP contribution in [0.5, 0.6) is 0 Å². The van der Waals surface area contributed by atoms with Gasteiger partial charge in [-0.3, -0.25) is 4.98 Å². The first kappa shape index (κ1) is 16.1. The summed E-state index contributed by atoms with van der Waals surface area (Å²) in [6, 6.07) is 12.9. The molecular weight excluding hydrogens is 326 g/mol. The third-order valence-electron chi connectivity index (χ3n) is 3.31. The molecule has 0 aliphatic rings. The molecule has 0 amide bonds. The number of esters is 1. The van der Waals surface area contributed by atoms with Crippen LogP contribution < -0.4 is 0 Å². The van der Waals surface area contributed by atoms with Gasteiger partial charge in [-0.2, -0.15) is 0 Å². The van der Waals surface area contributed by atoms with Crippen molar-refractivity contribution in [3.05, 3.63) is 65.6 Å². The normalized spacial score (nSPS) is 10.4. The van der Waals surface area contributed by atoms with Gasteiger partial charge in [0.25, 0.3) is 0 Å². The molecule has 0 unspecified atom stereocenters. The highest BCUT2D eigenvalue weighted by molar-refractivity contribution is 6.33. The molecule has 3 aromatic rings. The average molecular weight is 340 g/mol. The molecule has 0 radical (unpaired) electrons. The van der Waals surface area contributed by atoms with Crippen molar-refractivity contribution in [3.63, 3.8) is 0 Å². The van der Waals surface area contributed by atoms with Gasteiger partial charge >= 0.3 is 5.97 Å². The topological polar surface area (TPSA) is 65.0 Å². The number of benzene rings is 1. The van der Waals surface area contributed by atoms with Gasteiger partial charge in [-0.1, -0.05) is 41.9 Å². The maximum Gasteiger partial charge on any atom is 0.343 e. The van der Waals surface area contributed by atoms with Gasteiger partial charge in [0.15, 0.2) is 5.82 Å². The Morgan fingerprint density at radius 1 is 1.08 bits per heavy atom.